The zero-order valence-corrected chi connectivity index (χ0v) is 9.69. The molecule has 0 bridgehead atoms. The molecule has 0 fully saturated rings. The maximum Gasteiger partial charge on any atom is 0.318 e. The Kier molecular flexibility index (Phi) is 2.08. The van der Waals surface area contributed by atoms with E-state index in [1.165, 1.54) is 0 Å². The molecule has 1 atom stereocenters. The number of fused-ring (bicyclic) bond motifs is 3. The highest BCUT2D eigenvalue weighted by atomic mass is 16.5. The van der Waals surface area contributed by atoms with Crippen LogP contribution in [0.2, 0.25) is 0 Å². The van der Waals surface area contributed by atoms with Crippen molar-refractivity contribution in [3.63, 3.8) is 0 Å². The van der Waals surface area contributed by atoms with E-state index in [-0.39, 0.29) is 11.9 Å². The van der Waals surface area contributed by atoms with Gasteiger partial charge >= 0.3 is 5.97 Å². The maximum atomic E-state index is 11.6. The van der Waals surface area contributed by atoms with Gasteiger partial charge in [0.05, 0.1) is 13.0 Å². The molecule has 2 aromatic rings. The number of carbonyl (C=O) groups is 1. The van der Waals surface area contributed by atoms with E-state index in [0.29, 0.717) is 5.75 Å². The zero-order valence-electron chi connectivity index (χ0n) is 9.69. The van der Waals surface area contributed by atoms with E-state index in [1.807, 2.05) is 37.3 Å². The van der Waals surface area contributed by atoms with Gasteiger partial charge in [0.2, 0.25) is 0 Å². The molecule has 0 N–H and O–H groups in total. The van der Waals surface area contributed by atoms with Gasteiger partial charge in [-0.05, 0) is 35.9 Å². The van der Waals surface area contributed by atoms with Gasteiger partial charge in [0.1, 0.15) is 11.5 Å². The number of ether oxygens (including phenoxy) is 2. The van der Waals surface area contributed by atoms with Crippen molar-refractivity contribution in [2.45, 2.75) is 12.8 Å². The summed E-state index contributed by atoms with van der Waals surface area (Å²) in [5.74, 6) is 1.07. The molecule has 86 valence electrons. The van der Waals surface area contributed by atoms with Crippen molar-refractivity contribution in [2.24, 2.45) is 0 Å². The lowest BCUT2D eigenvalue weighted by Crippen LogP contribution is -2.06. The summed E-state index contributed by atoms with van der Waals surface area (Å²) >= 11 is 0. The van der Waals surface area contributed by atoms with Crippen LogP contribution in [0.1, 0.15) is 18.4 Å². The third-order valence-corrected chi connectivity index (χ3v) is 3.23. The van der Waals surface area contributed by atoms with Gasteiger partial charge < -0.3 is 9.47 Å². The van der Waals surface area contributed by atoms with Crippen molar-refractivity contribution >= 4 is 16.7 Å². The first-order chi connectivity index (χ1) is 8.20. The summed E-state index contributed by atoms with van der Waals surface area (Å²) < 4.78 is 10.4. The third kappa shape index (κ3) is 1.39. The van der Waals surface area contributed by atoms with E-state index in [0.717, 1.165) is 22.1 Å². The number of hydrogen-bond acceptors (Lipinski definition) is 3. The molecular formula is C14H12O3. The Hall–Kier alpha value is -2.03. The van der Waals surface area contributed by atoms with Gasteiger partial charge in [0.25, 0.3) is 0 Å². The first-order valence-corrected chi connectivity index (χ1v) is 5.53. The first-order valence-electron chi connectivity index (χ1n) is 5.53. The van der Waals surface area contributed by atoms with Crippen molar-refractivity contribution < 1.29 is 14.3 Å². The topological polar surface area (TPSA) is 35.5 Å². The monoisotopic (exact) mass is 228 g/mol. The van der Waals surface area contributed by atoms with E-state index in [9.17, 15) is 4.79 Å². The molecular weight excluding hydrogens is 216 g/mol. The summed E-state index contributed by atoms with van der Waals surface area (Å²) in [6.07, 6.45) is 0. The zero-order chi connectivity index (χ0) is 12.0. The molecule has 0 radical (unpaired) electrons. The minimum atomic E-state index is -0.208. The minimum Gasteiger partial charge on any atom is -0.497 e. The summed E-state index contributed by atoms with van der Waals surface area (Å²) in [5, 5.41) is 2.12. The van der Waals surface area contributed by atoms with Crippen molar-refractivity contribution in [1.82, 2.24) is 0 Å². The fourth-order valence-electron chi connectivity index (χ4n) is 2.28. The fourth-order valence-corrected chi connectivity index (χ4v) is 2.28. The van der Waals surface area contributed by atoms with Crippen LogP contribution >= 0.6 is 0 Å². The van der Waals surface area contributed by atoms with Gasteiger partial charge in [-0.1, -0.05) is 12.1 Å². The average Bonchev–Trinajstić information content (AvgIpc) is 2.65. The SMILES string of the molecule is COc1ccc2ccc3c(c2c1)C(C)C(=O)O3. The molecule has 1 heterocycles. The molecule has 0 aliphatic carbocycles. The Morgan fingerprint density at radius 2 is 2.00 bits per heavy atom. The maximum absolute atomic E-state index is 11.6. The van der Waals surface area contributed by atoms with Crippen LogP contribution in [0.25, 0.3) is 10.8 Å². The highest BCUT2D eigenvalue weighted by Crippen LogP contribution is 2.40. The van der Waals surface area contributed by atoms with Gasteiger partial charge in [0.15, 0.2) is 0 Å². The van der Waals surface area contributed by atoms with E-state index in [4.69, 9.17) is 9.47 Å². The summed E-state index contributed by atoms with van der Waals surface area (Å²) in [7, 11) is 1.63. The Balaban J connectivity index is 2.34. The van der Waals surface area contributed by atoms with Gasteiger partial charge in [-0.25, -0.2) is 0 Å². The van der Waals surface area contributed by atoms with Crippen molar-refractivity contribution in [2.75, 3.05) is 7.11 Å². The van der Waals surface area contributed by atoms with Crippen LogP contribution in [-0.4, -0.2) is 13.1 Å². The molecule has 0 spiro atoms. The van der Waals surface area contributed by atoms with Crippen LogP contribution in [0.5, 0.6) is 11.5 Å². The number of esters is 1. The van der Waals surface area contributed by atoms with E-state index in [1.54, 1.807) is 7.11 Å². The largest absolute Gasteiger partial charge is 0.497 e. The number of hydrogen-bond donors (Lipinski definition) is 0. The van der Waals surface area contributed by atoms with Gasteiger partial charge in [-0.2, -0.15) is 0 Å². The molecule has 0 amide bonds. The van der Waals surface area contributed by atoms with Crippen LogP contribution < -0.4 is 9.47 Å². The second-order valence-electron chi connectivity index (χ2n) is 4.21. The highest BCUT2D eigenvalue weighted by Gasteiger charge is 2.30. The lowest BCUT2D eigenvalue weighted by atomic mass is 9.96. The molecule has 1 unspecified atom stereocenters. The van der Waals surface area contributed by atoms with Crippen molar-refractivity contribution in [1.29, 1.82) is 0 Å². The second-order valence-corrected chi connectivity index (χ2v) is 4.21. The molecule has 0 saturated heterocycles. The summed E-state index contributed by atoms with van der Waals surface area (Å²) in [4.78, 5) is 11.6. The van der Waals surface area contributed by atoms with Crippen LogP contribution in [0.4, 0.5) is 0 Å². The fraction of sp³-hybridized carbons (Fsp3) is 0.214. The molecule has 0 saturated carbocycles. The summed E-state index contributed by atoms with van der Waals surface area (Å²) in [6.45, 7) is 1.87. The molecule has 2 aromatic carbocycles. The van der Waals surface area contributed by atoms with Gasteiger partial charge in [-0.15, -0.1) is 0 Å². The quantitative estimate of drug-likeness (QED) is 0.556. The van der Waals surface area contributed by atoms with Crippen LogP contribution in [-0.2, 0) is 4.79 Å². The standard InChI is InChI=1S/C14H12O3/c1-8-13-11-7-10(16-2)5-3-9(11)4-6-12(13)17-14(8)15/h3-8H,1-2H3. The normalized spacial score (nSPS) is 18.0. The number of methoxy groups -OCH3 is 1. The third-order valence-electron chi connectivity index (χ3n) is 3.23. The highest BCUT2D eigenvalue weighted by molar-refractivity contribution is 5.97. The van der Waals surface area contributed by atoms with Gasteiger partial charge in [-0.3, -0.25) is 4.79 Å². The van der Waals surface area contributed by atoms with E-state index < -0.39 is 0 Å². The Morgan fingerprint density at radius 1 is 1.24 bits per heavy atom. The average molecular weight is 228 g/mol. The van der Waals surface area contributed by atoms with Crippen molar-refractivity contribution in [3.8, 4) is 11.5 Å². The molecule has 3 nitrogen and oxygen atoms in total. The Morgan fingerprint density at radius 3 is 2.76 bits per heavy atom. The molecule has 1 aliphatic rings. The van der Waals surface area contributed by atoms with Crippen LogP contribution in [0.15, 0.2) is 30.3 Å². The number of carbonyl (C=O) groups excluding carboxylic acids is 1. The number of benzene rings is 2. The summed E-state index contributed by atoms with van der Waals surface area (Å²) in [5.41, 5.74) is 0.964. The Bertz CT molecular complexity index is 616. The van der Waals surface area contributed by atoms with Crippen LogP contribution in [0.3, 0.4) is 0 Å². The Labute approximate surface area is 99.0 Å². The first kappa shape index (κ1) is 10.1. The molecule has 0 aromatic heterocycles. The molecule has 17 heavy (non-hydrogen) atoms. The van der Waals surface area contributed by atoms with E-state index in [2.05, 4.69) is 0 Å². The predicted octanol–water partition coefficient (Wildman–Crippen LogP) is 2.87. The smallest absolute Gasteiger partial charge is 0.318 e. The lowest BCUT2D eigenvalue weighted by Gasteiger charge is -2.07. The number of rotatable bonds is 1. The van der Waals surface area contributed by atoms with Crippen molar-refractivity contribution in [3.05, 3.63) is 35.9 Å². The predicted molar refractivity (Wildman–Crippen MR) is 64.6 cm³/mol. The summed E-state index contributed by atoms with van der Waals surface area (Å²) in [6, 6.07) is 9.66. The minimum absolute atomic E-state index is 0.185. The van der Waals surface area contributed by atoms with Gasteiger partial charge in [0, 0.05) is 5.56 Å². The molecule has 3 rings (SSSR count). The van der Waals surface area contributed by atoms with Crippen LogP contribution in [0, 0.1) is 0 Å². The second kappa shape index (κ2) is 3.48. The van der Waals surface area contributed by atoms with E-state index >= 15 is 0 Å². The molecule has 1 aliphatic heterocycles. The molecule has 3 heteroatoms. The lowest BCUT2D eigenvalue weighted by molar-refractivity contribution is -0.133.